The number of hydrogen-bond donors (Lipinski definition) is 1. The number of rotatable bonds is 3. The van der Waals surface area contributed by atoms with Crippen molar-refractivity contribution in [2.24, 2.45) is 5.73 Å². The van der Waals surface area contributed by atoms with E-state index in [0.717, 1.165) is 0 Å². The first kappa shape index (κ1) is 15.1. The van der Waals surface area contributed by atoms with Gasteiger partial charge in [-0.05, 0) is 18.2 Å². The van der Waals surface area contributed by atoms with Crippen molar-refractivity contribution >= 4 is 35.0 Å². The summed E-state index contributed by atoms with van der Waals surface area (Å²) in [5.41, 5.74) is 5.59. The number of primary amides is 1. The molecule has 20 heavy (non-hydrogen) atoms. The van der Waals surface area contributed by atoms with Gasteiger partial charge in [-0.15, -0.1) is 0 Å². The summed E-state index contributed by atoms with van der Waals surface area (Å²) in [4.78, 5) is 25.4. The van der Waals surface area contributed by atoms with Crippen LogP contribution < -0.4 is 5.73 Å². The lowest BCUT2D eigenvalue weighted by Gasteiger charge is -2.22. The third kappa shape index (κ3) is 2.90. The molecule has 0 aliphatic carbocycles. The Hall–Kier alpha value is -1.30. The summed E-state index contributed by atoms with van der Waals surface area (Å²) < 4.78 is 5.20. The van der Waals surface area contributed by atoms with E-state index < -0.39 is 11.9 Å². The molecule has 108 valence electrons. The second kappa shape index (κ2) is 5.99. The van der Waals surface area contributed by atoms with E-state index in [4.69, 9.17) is 33.7 Å². The van der Waals surface area contributed by atoms with E-state index in [2.05, 4.69) is 0 Å². The number of ether oxygens (including phenoxy) is 1. The van der Waals surface area contributed by atoms with Gasteiger partial charge < -0.3 is 15.4 Å². The van der Waals surface area contributed by atoms with Crippen LogP contribution in [-0.2, 0) is 9.53 Å². The molecule has 0 radical (unpaired) electrons. The van der Waals surface area contributed by atoms with E-state index >= 15 is 0 Å². The SMILES string of the molecule is CO[C@H]1C[C@@H](C(N)=O)N(C(=O)c2cc(Cl)ccc2Cl)C1. The maximum absolute atomic E-state index is 12.5. The Morgan fingerprint density at radius 3 is 2.70 bits per heavy atom. The summed E-state index contributed by atoms with van der Waals surface area (Å²) in [6.07, 6.45) is 0.171. The molecule has 1 aromatic carbocycles. The third-order valence-electron chi connectivity index (χ3n) is 3.34. The van der Waals surface area contributed by atoms with Crippen molar-refractivity contribution in [1.29, 1.82) is 0 Å². The van der Waals surface area contributed by atoms with Gasteiger partial charge >= 0.3 is 0 Å². The molecule has 7 heteroatoms. The molecule has 1 fully saturated rings. The van der Waals surface area contributed by atoms with Crippen molar-refractivity contribution in [3.8, 4) is 0 Å². The minimum absolute atomic E-state index is 0.214. The molecule has 1 aliphatic rings. The average molecular weight is 317 g/mol. The third-order valence-corrected chi connectivity index (χ3v) is 3.91. The standard InChI is InChI=1S/C13H14Cl2N2O3/c1-20-8-5-11(12(16)18)17(6-8)13(19)9-4-7(14)2-3-10(9)15/h2-4,8,11H,5-6H2,1H3,(H2,16,18)/t8-,11-/m0/s1. The van der Waals surface area contributed by atoms with Gasteiger partial charge in [0.25, 0.3) is 5.91 Å². The van der Waals surface area contributed by atoms with Gasteiger partial charge in [0.2, 0.25) is 5.91 Å². The number of methoxy groups -OCH3 is 1. The lowest BCUT2D eigenvalue weighted by molar-refractivity contribution is -0.121. The van der Waals surface area contributed by atoms with E-state index in [1.54, 1.807) is 12.1 Å². The Kier molecular flexibility index (Phi) is 4.52. The number of carbonyl (C=O) groups is 2. The smallest absolute Gasteiger partial charge is 0.256 e. The summed E-state index contributed by atoms with van der Waals surface area (Å²) in [6, 6.07) is 3.92. The van der Waals surface area contributed by atoms with Crippen LogP contribution in [0.2, 0.25) is 10.0 Å². The second-order valence-corrected chi connectivity index (χ2v) is 5.44. The molecule has 0 aromatic heterocycles. The van der Waals surface area contributed by atoms with Gasteiger partial charge in [0.15, 0.2) is 0 Å². The summed E-state index contributed by atoms with van der Waals surface area (Å²) in [5, 5.41) is 0.680. The number of likely N-dealkylation sites (tertiary alicyclic amines) is 1. The number of nitrogens with zero attached hydrogens (tertiary/aromatic N) is 1. The van der Waals surface area contributed by atoms with E-state index in [-0.39, 0.29) is 22.6 Å². The number of carbonyl (C=O) groups excluding carboxylic acids is 2. The Bertz CT molecular complexity index is 550. The molecule has 0 unspecified atom stereocenters. The number of amides is 2. The van der Waals surface area contributed by atoms with Gasteiger partial charge in [0, 0.05) is 25.1 Å². The van der Waals surface area contributed by atoms with Crippen LogP contribution in [0.4, 0.5) is 0 Å². The molecule has 0 bridgehead atoms. The quantitative estimate of drug-likeness (QED) is 0.922. The Morgan fingerprint density at radius 1 is 1.40 bits per heavy atom. The first-order chi connectivity index (χ1) is 9.43. The van der Waals surface area contributed by atoms with Gasteiger partial charge in [0.05, 0.1) is 16.7 Å². The fourth-order valence-electron chi connectivity index (χ4n) is 2.28. The molecule has 5 nitrogen and oxygen atoms in total. The van der Waals surface area contributed by atoms with Gasteiger partial charge in [-0.25, -0.2) is 0 Å². The lowest BCUT2D eigenvalue weighted by Crippen LogP contribution is -2.43. The van der Waals surface area contributed by atoms with Crippen LogP contribution in [-0.4, -0.2) is 42.5 Å². The average Bonchev–Trinajstić information content (AvgIpc) is 2.85. The molecule has 2 rings (SSSR count). The molecular formula is C13H14Cl2N2O3. The minimum Gasteiger partial charge on any atom is -0.380 e. The predicted octanol–water partition coefficient (Wildman–Crippen LogP) is 1.71. The molecule has 0 spiro atoms. The Morgan fingerprint density at radius 2 is 2.10 bits per heavy atom. The van der Waals surface area contributed by atoms with E-state index in [1.807, 2.05) is 0 Å². The van der Waals surface area contributed by atoms with Crippen molar-refractivity contribution in [2.75, 3.05) is 13.7 Å². The highest BCUT2D eigenvalue weighted by atomic mass is 35.5. The van der Waals surface area contributed by atoms with Crippen LogP contribution in [0.15, 0.2) is 18.2 Å². The lowest BCUT2D eigenvalue weighted by atomic mass is 10.1. The first-order valence-corrected chi connectivity index (χ1v) is 6.77. The molecule has 1 aromatic rings. The molecule has 0 saturated carbocycles. The largest absolute Gasteiger partial charge is 0.380 e. The first-order valence-electron chi connectivity index (χ1n) is 6.02. The van der Waals surface area contributed by atoms with Crippen LogP contribution >= 0.6 is 23.2 Å². The number of benzene rings is 1. The summed E-state index contributed by atoms with van der Waals surface area (Å²) >= 11 is 11.9. The van der Waals surface area contributed by atoms with E-state index in [9.17, 15) is 9.59 Å². The monoisotopic (exact) mass is 316 g/mol. The molecule has 2 amide bonds. The fourth-order valence-corrected chi connectivity index (χ4v) is 2.65. The molecule has 2 N–H and O–H groups in total. The Balaban J connectivity index is 2.31. The van der Waals surface area contributed by atoms with Crippen molar-refractivity contribution < 1.29 is 14.3 Å². The topological polar surface area (TPSA) is 72.6 Å². The zero-order valence-corrected chi connectivity index (χ0v) is 12.3. The van der Waals surface area contributed by atoms with Crippen LogP contribution in [0, 0.1) is 0 Å². The van der Waals surface area contributed by atoms with Crippen molar-refractivity contribution in [3.63, 3.8) is 0 Å². The highest BCUT2D eigenvalue weighted by Crippen LogP contribution is 2.27. The highest BCUT2D eigenvalue weighted by Gasteiger charge is 2.39. The number of halogens is 2. The zero-order valence-electron chi connectivity index (χ0n) is 10.8. The van der Waals surface area contributed by atoms with Crippen LogP contribution in [0.3, 0.4) is 0 Å². The van der Waals surface area contributed by atoms with Crippen molar-refractivity contribution in [1.82, 2.24) is 4.90 Å². The van der Waals surface area contributed by atoms with E-state index in [0.29, 0.717) is 18.0 Å². The van der Waals surface area contributed by atoms with Crippen LogP contribution in [0.5, 0.6) is 0 Å². The Labute approximate surface area is 126 Å². The molecule has 1 aliphatic heterocycles. The van der Waals surface area contributed by atoms with E-state index in [1.165, 1.54) is 18.1 Å². The number of hydrogen-bond acceptors (Lipinski definition) is 3. The highest BCUT2D eigenvalue weighted by molar-refractivity contribution is 6.35. The van der Waals surface area contributed by atoms with Gasteiger partial charge in [-0.1, -0.05) is 23.2 Å². The van der Waals surface area contributed by atoms with Crippen LogP contribution in [0.25, 0.3) is 0 Å². The molecule has 1 heterocycles. The summed E-state index contributed by atoms with van der Waals surface area (Å²) in [7, 11) is 1.53. The second-order valence-electron chi connectivity index (χ2n) is 4.59. The number of nitrogens with two attached hydrogens (primary N) is 1. The summed E-state index contributed by atoms with van der Waals surface area (Å²) in [6.45, 7) is 0.297. The molecular weight excluding hydrogens is 303 g/mol. The van der Waals surface area contributed by atoms with Gasteiger partial charge in [0.1, 0.15) is 6.04 Å². The van der Waals surface area contributed by atoms with Gasteiger partial charge in [-0.3, -0.25) is 9.59 Å². The minimum atomic E-state index is -0.692. The maximum Gasteiger partial charge on any atom is 0.256 e. The predicted molar refractivity (Wildman–Crippen MR) is 75.9 cm³/mol. The van der Waals surface area contributed by atoms with Gasteiger partial charge in [-0.2, -0.15) is 0 Å². The van der Waals surface area contributed by atoms with Crippen molar-refractivity contribution in [3.05, 3.63) is 33.8 Å². The summed E-state index contributed by atoms with van der Waals surface area (Å²) in [5.74, 6) is -0.933. The van der Waals surface area contributed by atoms with Crippen LogP contribution in [0.1, 0.15) is 16.8 Å². The zero-order chi connectivity index (χ0) is 14.9. The normalized spacial score (nSPS) is 22.1. The molecule has 1 saturated heterocycles. The fraction of sp³-hybridized carbons (Fsp3) is 0.385. The maximum atomic E-state index is 12.5. The molecule has 2 atom stereocenters. The van der Waals surface area contributed by atoms with Crippen molar-refractivity contribution in [2.45, 2.75) is 18.6 Å².